The normalized spacial score (nSPS) is 29.4. The zero-order valence-corrected chi connectivity index (χ0v) is 11.4. The molecule has 0 aromatic heterocycles. The van der Waals surface area contributed by atoms with E-state index in [9.17, 15) is 4.79 Å². The lowest BCUT2D eigenvalue weighted by atomic mass is 9.84. The van der Waals surface area contributed by atoms with Crippen molar-refractivity contribution in [2.45, 2.75) is 51.0 Å². The van der Waals surface area contributed by atoms with Crippen LogP contribution < -0.4 is 11.1 Å². The monoisotopic (exact) mass is 253 g/mol. The Morgan fingerprint density at radius 2 is 2.00 bits per heavy atom. The van der Waals surface area contributed by atoms with E-state index in [0.29, 0.717) is 18.4 Å². The van der Waals surface area contributed by atoms with E-state index in [1.807, 2.05) is 0 Å². The Bertz CT molecular complexity index is 264. The lowest BCUT2D eigenvalue weighted by Gasteiger charge is -2.26. The first-order chi connectivity index (χ1) is 8.74. The van der Waals surface area contributed by atoms with Crippen molar-refractivity contribution in [1.82, 2.24) is 10.2 Å². The van der Waals surface area contributed by atoms with E-state index in [-0.39, 0.29) is 5.91 Å². The van der Waals surface area contributed by atoms with Gasteiger partial charge in [-0.3, -0.25) is 4.79 Å². The maximum absolute atomic E-state index is 11.8. The molecular weight excluding hydrogens is 226 g/mol. The van der Waals surface area contributed by atoms with Gasteiger partial charge in [0.2, 0.25) is 5.91 Å². The molecule has 0 radical (unpaired) electrons. The summed E-state index contributed by atoms with van der Waals surface area (Å²) in [5.74, 6) is 0.730. The van der Waals surface area contributed by atoms with E-state index in [1.54, 1.807) is 0 Å². The topological polar surface area (TPSA) is 58.4 Å². The second kappa shape index (κ2) is 7.10. The minimum Gasteiger partial charge on any atom is -0.355 e. The number of amides is 1. The number of hydrogen-bond acceptors (Lipinski definition) is 3. The van der Waals surface area contributed by atoms with Crippen LogP contribution in [-0.2, 0) is 4.79 Å². The van der Waals surface area contributed by atoms with Gasteiger partial charge in [-0.2, -0.15) is 0 Å². The number of nitrogens with one attached hydrogen (secondary N) is 1. The molecule has 1 saturated carbocycles. The molecule has 3 N–H and O–H groups in total. The molecule has 4 nitrogen and oxygen atoms in total. The van der Waals surface area contributed by atoms with E-state index < -0.39 is 0 Å². The van der Waals surface area contributed by atoms with E-state index >= 15 is 0 Å². The minimum absolute atomic E-state index is 0.216. The molecule has 0 spiro atoms. The molecule has 0 aromatic carbocycles. The highest BCUT2D eigenvalue weighted by atomic mass is 16.1. The highest BCUT2D eigenvalue weighted by Crippen LogP contribution is 2.25. The Morgan fingerprint density at radius 1 is 1.22 bits per heavy atom. The average Bonchev–Trinajstić information content (AvgIpc) is 2.82. The molecule has 2 rings (SSSR count). The number of nitrogens with zero attached hydrogens (tertiary/aromatic N) is 1. The van der Waals surface area contributed by atoms with Gasteiger partial charge in [0.15, 0.2) is 0 Å². The van der Waals surface area contributed by atoms with E-state index in [2.05, 4.69) is 10.2 Å². The van der Waals surface area contributed by atoms with Crippen molar-refractivity contribution in [2.24, 2.45) is 11.7 Å². The second-order valence-electron chi connectivity index (χ2n) is 5.90. The summed E-state index contributed by atoms with van der Waals surface area (Å²) >= 11 is 0. The molecule has 18 heavy (non-hydrogen) atoms. The van der Waals surface area contributed by atoms with Gasteiger partial charge >= 0.3 is 0 Å². The summed E-state index contributed by atoms with van der Waals surface area (Å²) in [7, 11) is 0. The van der Waals surface area contributed by atoms with Gasteiger partial charge in [-0.05, 0) is 51.1 Å². The average molecular weight is 253 g/mol. The highest BCUT2D eigenvalue weighted by Gasteiger charge is 2.21. The largest absolute Gasteiger partial charge is 0.355 e. The van der Waals surface area contributed by atoms with Crippen LogP contribution in [0.5, 0.6) is 0 Å². The summed E-state index contributed by atoms with van der Waals surface area (Å²) in [5.41, 5.74) is 5.95. The fraction of sp³-hybridized carbons (Fsp3) is 0.929. The number of rotatable bonds is 5. The number of likely N-dealkylation sites (tertiary alicyclic amines) is 1. The summed E-state index contributed by atoms with van der Waals surface area (Å²) < 4.78 is 0. The zero-order chi connectivity index (χ0) is 12.8. The molecule has 1 aliphatic heterocycles. The third-order valence-electron chi connectivity index (χ3n) is 4.25. The fourth-order valence-corrected chi connectivity index (χ4v) is 3.21. The van der Waals surface area contributed by atoms with Crippen molar-refractivity contribution >= 4 is 5.91 Å². The van der Waals surface area contributed by atoms with Gasteiger partial charge in [0.25, 0.3) is 0 Å². The van der Waals surface area contributed by atoms with Crippen LogP contribution in [0.4, 0.5) is 0 Å². The molecule has 0 bridgehead atoms. The summed E-state index contributed by atoms with van der Waals surface area (Å²) in [5, 5.41) is 3.05. The molecule has 1 heterocycles. The van der Waals surface area contributed by atoms with Crippen LogP contribution >= 0.6 is 0 Å². The zero-order valence-electron chi connectivity index (χ0n) is 11.4. The van der Waals surface area contributed by atoms with Crippen molar-refractivity contribution < 1.29 is 4.79 Å². The summed E-state index contributed by atoms with van der Waals surface area (Å²) in [6.45, 7) is 4.22. The van der Waals surface area contributed by atoms with Crippen LogP contribution in [0.15, 0.2) is 0 Å². The van der Waals surface area contributed by atoms with Gasteiger partial charge < -0.3 is 16.0 Å². The molecule has 104 valence electrons. The first-order valence-electron chi connectivity index (χ1n) is 7.48. The van der Waals surface area contributed by atoms with Crippen LogP contribution in [0, 0.1) is 5.92 Å². The predicted octanol–water partition coefficient (Wildman–Crippen LogP) is 1.11. The molecular formula is C14H27N3O. The molecule has 1 saturated heterocycles. The Kier molecular flexibility index (Phi) is 5.45. The van der Waals surface area contributed by atoms with E-state index in [4.69, 9.17) is 5.73 Å². The van der Waals surface area contributed by atoms with Crippen molar-refractivity contribution in [2.75, 3.05) is 26.2 Å². The van der Waals surface area contributed by atoms with Gasteiger partial charge in [-0.1, -0.05) is 6.42 Å². The molecule has 4 heteroatoms. The van der Waals surface area contributed by atoms with Crippen LogP contribution in [0.2, 0.25) is 0 Å². The maximum Gasteiger partial charge on any atom is 0.220 e. The summed E-state index contributed by atoms with van der Waals surface area (Å²) in [4.78, 5) is 14.2. The number of carbonyl (C=O) groups excluding carboxylic acids is 1. The van der Waals surface area contributed by atoms with Crippen molar-refractivity contribution in [3.05, 3.63) is 0 Å². The van der Waals surface area contributed by atoms with Crippen molar-refractivity contribution in [3.8, 4) is 0 Å². The number of carbonyl (C=O) groups is 1. The fourth-order valence-electron chi connectivity index (χ4n) is 3.21. The summed E-state index contributed by atoms with van der Waals surface area (Å²) in [6.07, 6.45) is 7.82. The smallest absolute Gasteiger partial charge is 0.220 e. The Labute approximate surface area is 110 Å². The molecule has 1 aliphatic carbocycles. The number of nitrogens with two attached hydrogens (primary N) is 1. The van der Waals surface area contributed by atoms with Gasteiger partial charge in [0.1, 0.15) is 0 Å². The van der Waals surface area contributed by atoms with Crippen molar-refractivity contribution in [3.63, 3.8) is 0 Å². The third-order valence-corrected chi connectivity index (χ3v) is 4.25. The van der Waals surface area contributed by atoms with Crippen LogP contribution in [-0.4, -0.2) is 43.0 Å². The van der Waals surface area contributed by atoms with E-state index in [0.717, 1.165) is 25.9 Å². The Hall–Kier alpha value is -0.610. The SMILES string of the molecule is NC1CCCC(CC(=O)NCCN2CCCC2)C1. The van der Waals surface area contributed by atoms with Crippen LogP contribution in [0.1, 0.15) is 44.9 Å². The van der Waals surface area contributed by atoms with Crippen molar-refractivity contribution in [1.29, 1.82) is 0 Å². The molecule has 2 atom stereocenters. The molecule has 0 aromatic rings. The van der Waals surface area contributed by atoms with Gasteiger partial charge in [0.05, 0.1) is 0 Å². The van der Waals surface area contributed by atoms with Gasteiger partial charge in [0, 0.05) is 25.6 Å². The van der Waals surface area contributed by atoms with Crippen LogP contribution in [0.25, 0.3) is 0 Å². The molecule has 2 unspecified atom stereocenters. The first kappa shape index (κ1) is 13.8. The number of hydrogen-bond donors (Lipinski definition) is 2. The van der Waals surface area contributed by atoms with Gasteiger partial charge in [-0.15, -0.1) is 0 Å². The first-order valence-corrected chi connectivity index (χ1v) is 7.48. The highest BCUT2D eigenvalue weighted by molar-refractivity contribution is 5.76. The second-order valence-corrected chi connectivity index (χ2v) is 5.90. The standard InChI is InChI=1S/C14H27N3O/c15-13-5-3-4-12(10-13)11-14(18)16-6-9-17-7-1-2-8-17/h12-13H,1-11,15H2,(H,16,18). The lowest BCUT2D eigenvalue weighted by molar-refractivity contribution is -0.122. The molecule has 2 fully saturated rings. The third kappa shape index (κ3) is 4.58. The van der Waals surface area contributed by atoms with Crippen LogP contribution in [0.3, 0.4) is 0 Å². The molecule has 1 amide bonds. The Balaban J connectivity index is 1.56. The minimum atomic E-state index is 0.216. The van der Waals surface area contributed by atoms with Gasteiger partial charge in [-0.25, -0.2) is 0 Å². The summed E-state index contributed by atoms with van der Waals surface area (Å²) in [6, 6.07) is 0.321. The molecule has 2 aliphatic rings. The van der Waals surface area contributed by atoms with E-state index in [1.165, 1.54) is 38.8 Å². The lowest BCUT2D eigenvalue weighted by Crippen LogP contribution is -2.35. The maximum atomic E-state index is 11.8. The quantitative estimate of drug-likeness (QED) is 0.771. The predicted molar refractivity (Wildman–Crippen MR) is 73.2 cm³/mol. The Morgan fingerprint density at radius 3 is 2.72 bits per heavy atom.